The first-order chi connectivity index (χ1) is 9.04. The molecule has 3 rings (SSSR count). The van der Waals surface area contributed by atoms with Gasteiger partial charge in [-0.3, -0.25) is 0 Å². The van der Waals surface area contributed by atoms with E-state index in [1.807, 2.05) is 0 Å². The topological polar surface area (TPSA) is 63.3 Å². The third kappa shape index (κ3) is 2.00. The Morgan fingerprint density at radius 2 is 2.16 bits per heavy atom. The average Bonchev–Trinajstić information content (AvgIpc) is 2.72. The summed E-state index contributed by atoms with van der Waals surface area (Å²) in [7, 11) is 0. The predicted molar refractivity (Wildman–Crippen MR) is 67.6 cm³/mol. The number of benzene rings is 1. The summed E-state index contributed by atoms with van der Waals surface area (Å²) in [5, 5.41) is 13.5. The molecule has 0 fully saturated rings. The van der Waals surface area contributed by atoms with Crippen molar-refractivity contribution < 1.29 is 9.50 Å². The van der Waals surface area contributed by atoms with Crippen LogP contribution in [0.2, 0.25) is 5.02 Å². The van der Waals surface area contributed by atoms with Crippen LogP contribution in [0.15, 0.2) is 24.5 Å². The highest BCUT2D eigenvalue weighted by molar-refractivity contribution is 6.32. The first kappa shape index (κ1) is 11.9. The van der Waals surface area contributed by atoms with E-state index in [1.165, 1.54) is 16.8 Å². The molecule has 0 aliphatic heterocycles. The zero-order valence-corrected chi connectivity index (χ0v) is 10.6. The van der Waals surface area contributed by atoms with Gasteiger partial charge in [-0.2, -0.15) is 10.1 Å². The summed E-state index contributed by atoms with van der Waals surface area (Å²) in [6.07, 6.45) is 3.09. The lowest BCUT2D eigenvalue weighted by atomic mass is 10.1. The third-order valence-electron chi connectivity index (χ3n) is 2.65. The molecule has 0 spiro atoms. The van der Waals surface area contributed by atoms with Gasteiger partial charge in [0.15, 0.2) is 0 Å². The number of phenols is 1. The molecule has 96 valence electrons. The summed E-state index contributed by atoms with van der Waals surface area (Å²) in [6.45, 7) is 1.74. The van der Waals surface area contributed by atoms with E-state index in [0.29, 0.717) is 17.2 Å². The molecule has 0 unspecified atom stereocenters. The van der Waals surface area contributed by atoms with E-state index >= 15 is 0 Å². The highest BCUT2D eigenvalue weighted by atomic mass is 35.5. The Morgan fingerprint density at radius 3 is 2.95 bits per heavy atom. The van der Waals surface area contributed by atoms with Gasteiger partial charge in [-0.25, -0.2) is 13.9 Å². The van der Waals surface area contributed by atoms with Crippen molar-refractivity contribution in [2.24, 2.45) is 0 Å². The van der Waals surface area contributed by atoms with E-state index in [0.717, 1.165) is 6.07 Å². The van der Waals surface area contributed by atoms with Crippen LogP contribution in [0.3, 0.4) is 0 Å². The van der Waals surface area contributed by atoms with Crippen molar-refractivity contribution in [2.75, 3.05) is 0 Å². The maximum absolute atomic E-state index is 13.8. The van der Waals surface area contributed by atoms with Crippen LogP contribution in [0.25, 0.3) is 16.9 Å². The maximum Gasteiger partial charge on any atom is 0.252 e. The summed E-state index contributed by atoms with van der Waals surface area (Å²) < 4.78 is 15.3. The van der Waals surface area contributed by atoms with Crippen LogP contribution in [-0.2, 0) is 0 Å². The largest absolute Gasteiger partial charge is 0.506 e. The summed E-state index contributed by atoms with van der Waals surface area (Å²) >= 11 is 5.79. The second-order valence-corrected chi connectivity index (χ2v) is 4.44. The Kier molecular flexibility index (Phi) is 2.60. The number of aromatic nitrogens is 4. The number of phenolic OH excluding ortho intramolecular Hbond substituents is 1. The van der Waals surface area contributed by atoms with Gasteiger partial charge < -0.3 is 5.11 Å². The third-order valence-corrected chi connectivity index (χ3v) is 2.95. The number of hydrogen-bond acceptors (Lipinski definition) is 4. The molecule has 0 amide bonds. The van der Waals surface area contributed by atoms with Crippen molar-refractivity contribution in [2.45, 2.75) is 6.92 Å². The number of aryl methyl sites for hydroxylation is 1. The molecule has 19 heavy (non-hydrogen) atoms. The molecule has 0 bridgehead atoms. The fraction of sp³-hybridized carbons (Fsp3) is 0.0833. The lowest BCUT2D eigenvalue weighted by molar-refractivity contribution is 0.469. The number of halogens is 2. The zero-order valence-electron chi connectivity index (χ0n) is 9.80. The van der Waals surface area contributed by atoms with Gasteiger partial charge in [0.1, 0.15) is 17.4 Å². The average molecular weight is 279 g/mol. The lowest BCUT2D eigenvalue weighted by Gasteiger charge is -2.05. The highest BCUT2D eigenvalue weighted by Gasteiger charge is 2.12. The van der Waals surface area contributed by atoms with Crippen LogP contribution in [-0.4, -0.2) is 24.7 Å². The summed E-state index contributed by atoms with van der Waals surface area (Å²) in [4.78, 5) is 8.17. The second kappa shape index (κ2) is 4.17. The van der Waals surface area contributed by atoms with Gasteiger partial charge in [-0.15, -0.1) is 0 Å². The van der Waals surface area contributed by atoms with Gasteiger partial charge in [-0.05, 0) is 13.0 Å². The molecule has 0 aliphatic carbocycles. The molecule has 0 radical (unpaired) electrons. The van der Waals surface area contributed by atoms with Gasteiger partial charge in [-0.1, -0.05) is 11.6 Å². The second-order valence-electron chi connectivity index (χ2n) is 4.03. The Labute approximate surface area is 112 Å². The van der Waals surface area contributed by atoms with Gasteiger partial charge in [0, 0.05) is 29.6 Å². The number of nitrogens with zero attached hydrogens (tertiary/aromatic N) is 4. The molecule has 7 heteroatoms. The highest BCUT2D eigenvalue weighted by Crippen LogP contribution is 2.31. The fourth-order valence-electron chi connectivity index (χ4n) is 1.78. The zero-order chi connectivity index (χ0) is 13.6. The van der Waals surface area contributed by atoms with Gasteiger partial charge in [0.2, 0.25) is 0 Å². The summed E-state index contributed by atoms with van der Waals surface area (Å²) in [6, 6.07) is 2.31. The molecule has 0 aliphatic rings. The summed E-state index contributed by atoms with van der Waals surface area (Å²) in [5.74, 6) is 0.133. The molecule has 0 atom stereocenters. The molecule has 1 aromatic carbocycles. The minimum atomic E-state index is -0.583. The normalized spacial score (nSPS) is 11.1. The predicted octanol–water partition coefficient (Wildman–Crippen LogP) is 2.60. The van der Waals surface area contributed by atoms with Crippen LogP contribution >= 0.6 is 11.6 Å². The Hall–Kier alpha value is -2.21. The van der Waals surface area contributed by atoms with Crippen molar-refractivity contribution in [1.82, 2.24) is 19.6 Å². The van der Waals surface area contributed by atoms with Crippen LogP contribution in [0.1, 0.15) is 5.82 Å². The van der Waals surface area contributed by atoms with Crippen molar-refractivity contribution in [3.63, 3.8) is 0 Å². The number of aromatic hydroxyl groups is 1. The molecule has 0 saturated heterocycles. The molecule has 1 N–H and O–H groups in total. The van der Waals surface area contributed by atoms with E-state index in [9.17, 15) is 9.50 Å². The maximum atomic E-state index is 13.8. The first-order valence-electron chi connectivity index (χ1n) is 5.42. The van der Waals surface area contributed by atoms with Crippen molar-refractivity contribution in [3.05, 3.63) is 41.2 Å². The van der Waals surface area contributed by atoms with Crippen molar-refractivity contribution in [3.8, 4) is 16.9 Å². The minimum absolute atomic E-state index is 0.0752. The van der Waals surface area contributed by atoms with E-state index in [2.05, 4.69) is 15.1 Å². The van der Waals surface area contributed by atoms with Crippen LogP contribution < -0.4 is 0 Å². The molecular formula is C12H8ClFN4O. The Morgan fingerprint density at radius 1 is 1.37 bits per heavy atom. The Bertz CT molecular complexity index is 787. The van der Waals surface area contributed by atoms with Gasteiger partial charge >= 0.3 is 0 Å². The van der Waals surface area contributed by atoms with E-state index in [-0.39, 0.29) is 16.3 Å². The van der Waals surface area contributed by atoms with E-state index in [4.69, 9.17) is 11.6 Å². The first-order valence-corrected chi connectivity index (χ1v) is 5.80. The fourth-order valence-corrected chi connectivity index (χ4v) is 1.95. The molecular weight excluding hydrogens is 271 g/mol. The van der Waals surface area contributed by atoms with E-state index in [1.54, 1.807) is 13.1 Å². The van der Waals surface area contributed by atoms with Crippen molar-refractivity contribution in [1.29, 1.82) is 0 Å². The van der Waals surface area contributed by atoms with Gasteiger partial charge in [0.05, 0.1) is 5.02 Å². The van der Waals surface area contributed by atoms with Gasteiger partial charge in [0.25, 0.3) is 5.78 Å². The monoisotopic (exact) mass is 278 g/mol. The molecule has 2 aromatic heterocycles. The number of rotatable bonds is 1. The summed E-state index contributed by atoms with van der Waals surface area (Å²) in [5.41, 5.74) is 0.738. The quantitative estimate of drug-likeness (QED) is 0.743. The number of hydrogen-bond donors (Lipinski definition) is 1. The standard InChI is InChI=1S/C12H8ClFN4O/c1-6-16-12-15-4-7(5-18(12)17-6)8-2-9(13)11(19)3-10(8)14/h2-5,19H,1H3. The van der Waals surface area contributed by atoms with Crippen LogP contribution in [0.5, 0.6) is 5.75 Å². The van der Waals surface area contributed by atoms with E-state index < -0.39 is 5.82 Å². The molecule has 5 nitrogen and oxygen atoms in total. The smallest absolute Gasteiger partial charge is 0.252 e. The number of fused-ring (bicyclic) bond motifs is 1. The Balaban J connectivity index is 2.21. The van der Waals surface area contributed by atoms with Crippen LogP contribution in [0.4, 0.5) is 4.39 Å². The molecule has 3 aromatic rings. The van der Waals surface area contributed by atoms with Crippen molar-refractivity contribution >= 4 is 17.4 Å². The molecule has 0 saturated carbocycles. The van der Waals surface area contributed by atoms with Crippen LogP contribution in [0, 0.1) is 12.7 Å². The molecule has 2 heterocycles. The minimum Gasteiger partial charge on any atom is -0.506 e. The SMILES string of the molecule is Cc1nc2ncc(-c3cc(Cl)c(O)cc3F)cn2n1. The lowest BCUT2D eigenvalue weighted by Crippen LogP contribution is -1.93.